The van der Waals surface area contributed by atoms with Crippen molar-refractivity contribution in [1.29, 1.82) is 0 Å². The zero-order chi connectivity index (χ0) is 13.7. The fourth-order valence-electron chi connectivity index (χ4n) is 1.95. The summed E-state index contributed by atoms with van der Waals surface area (Å²) in [6.07, 6.45) is 0. The highest BCUT2D eigenvalue weighted by Gasteiger charge is 2.06. The summed E-state index contributed by atoms with van der Waals surface area (Å²) in [7, 11) is 1.69. The van der Waals surface area contributed by atoms with Crippen LogP contribution in [-0.2, 0) is 6.54 Å². The maximum atomic E-state index is 5.25. The molecule has 0 amide bonds. The molecule has 0 unspecified atom stereocenters. The maximum absolute atomic E-state index is 5.25. The van der Waals surface area contributed by atoms with Crippen LogP contribution in [0.4, 0.5) is 0 Å². The number of rotatable bonds is 5. The summed E-state index contributed by atoms with van der Waals surface area (Å²) < 4.78 is 6.36. The molecule has 2 nitrogen and oxygen atoms in total. The molecule has 0 bridgehead atoms. The third-order valence-electron chi connectivity index (χ3n) is 3.10. The molecule has 2 rings (SSSR count). The minimum atomic E-state index is 0.286. The van der Waals surface area contributed by atoms with Crippen LogP contribution in [0, 0.1) is 0 Å². The zero-order valence-electron chi connectivity index (χ0n) is 11.2. The highest BCUT2D eigenvalue weighted by molar-refractivity contribution is 9.10. The van der Waals surface area contributed by atoms with E-state index in [9.17, 15) is 0 Å². The summed E-state index contributed by atoms with van der Waals surface area (Å²) in [6.45, 7) is 3.00. The van der Waals surface area contributed by atoms with Gasteiger partial charge in [0, 0.05) is 17.1 Å². The average Bonchev–Trinajstić information content (AvgIpc) is 2.45. The highest BCUT2D eigenvalue weighted by atomic mass is 79.9. The molecule has 0 aliphatic carbocycles. The van der Waals surface area contributed by atoms with Crippen LogP contribution < -0.4 is 10.1 Å². The molecular weight excluding hydrogens is 302 g/mol. The first kappa shape index (κ1) is 14.1. The molecule has 1 atom stereocenters. The van der Waals surface area contributed by atoms with Crippen LogP contribution in [0.25, 0.3) is 0 Å². The van der Waals surface area contributed by atoms with E-state index in [1.807, 2.05) is 18.2 Å². The van der Waals surface area contributed by atoms with Crippen LogP contribution in [-0.4, -0.2) is 7.11 Å². The van der Waals surface area contributed by atoms with Crippen molar-refractivity contribution in [2.45, 2.75) is 19.5 Å². The number of methoxy groups -OCH3 is 1. The van der Waals surface area contributed by atoms with Crippen LogP contribution in [0.15, 0.2) is 53.0 Å². The molecule has 0 saturated heterocycles. The Balaban J connectivity index is 1.99. The van der Waals surface area contributed by atoms with Crippen molar-refractivity contribution in [3.05, 3.63) is 64.1 Å². The zero-order valence-corrected chi connectivity index (χ0v) is 12.8. The summed E-state index contributed by atoms with van der Waals surface area (Å²) >= 11 is 3.49. The molecule has 2 aromatic rings. The predicted octanol–water partition coefficient (Wildman–Crippen LogP) is 4.31. The van der Waals surface area contributed by atoms with E-state index < -0.39 is 0 Å². The van der Waals surface area contributed by atoms with Gasteiger partial charge in [-0.2, -0.15) is 0 Å². The Hall–Kier alpha value is -1.32. The molecule has 0 heterocycles. The molecule has 0 aromatic heterocycles. The quantitative estimate of drug-likeness (QED) is 0.886. The summed E-state index contributed by atoms with van der Waals surface area (Å²) in [5.74, 6) is 0.897. The van der Waals surface area contributed by atoms with Crippen molar-refractivity contribution < 1.29 is 4.74 Å². The number of halogens is 1. The number of hydrogen-bond donors (Lipinski definition) is 1. The van der Waals surface area contributed by atoms with Gasteiger partial charge in [-0.05, 0) is 42.3 Å². The van der Waals surface area contributed by atoms with Crippen LogP contribution in [0.1, 0.15) is 24.1 Å². The summed E-state index contributed by atoms with van der Waals surface area (Å²) in [4.78, 5) is 0. The van der Waals surface area contributed by atoms with Crippen molar-refractivity contribution in [3.63, 3.8) is 0 Å². The Bertz CT molecular complexity index is 542. The average molecular weight is 320 g/mol. The van der Waals surface area contributed by atoms with E-state index in [1.165, 1.54) is 11.1 Å². The minimum Gasteiger partial charge on any atom is -0.497 e. The lowest BCUT2D eigenvalue weighted by Crippen LogP contribution is -2.18. The second-order valence-corrected chi connectivity index (χ2v) is 5.42. The fourth-order valence-corrected chi connectivity index (χ4v) is 2.39. The first-order valence-electron chi connectivity index (χ1n) is 6.31. The summed E-state index contributed by atoms with van der Waals surface area (Å²) in [5, 5.41) is 3.52. The van der Waals surface area contributed by atoms with Gasteiger partial charge in [0.05, 0.1) is 7.11 Å². The van der Waals surface area contributed by atoms with Gasteiger partial charge in [0.2, 0.25) is 0 Å². The molecule has 3 heteroatoms. The predicted molar refractivity (Wildman–Crippen MR) is 82.4 cm³/mol. The molecule has 0 fully saturated rings. The fraction of sp³-hybridized carbons (Fsp3) is 0.250. The Kier molecular flexibility index (Phi) is 5.00. The molecule has 0 saturated carbocycles. The smallest absolute Gasteiger partial charge is 0.119 e. The lowest BCUT2D eigenvalue weighted by molar-refractivity contribution is 0.413. The number of ether oxygens (including phenoxy) is 1. The van der Waals surface area contributed by atoms with Crippen LogP contribution in [0.2, 0.25) is 0 Å². The Morgan fingerprint density at radius 1 is 1.16 bits per heavy atom. The molecule has 2 aromatic carbocycles. The van der Waals surface area contributed by atoms with Gasteiger partial charge in [-0.1, -0.05) is 40.2 Å². The van der Waals surface area contributed by atoms with Gasteiger partial charge < -0.3 is 10.1 Å². The molecular formula is C16H18BrNO. The standard InChI is InChI=1S/C16H18BrNO/c1-12(14-6-4-8-16(10-14)19-2)18-11-13-5-3-7-15(17)9-13/h3-10,12,18H,11H2,1-2H3/t12-/m0/s1. The monoisotopic (exact) mass is 319 g/mol. The lowest BCUT2D eigenvalue weighted by atomic mass is 10.1. The summed E-state index contributed by atoms with van der Waals surface area (Å²) in [6, 6.07) is 16.8. The van der Waals surface area contributed by atoms with Crippen molar-refractivity contribution in [1.82, 2.24) is 5.32 Å². The maximum Gasteiger partial charge on any atom is 0.119 e. The minimum absolute atomic E-state index is 0.286. The van der Waals surface area contributed by atoms with Gasteiger partial charge in [0.1, 0.15) is 5.75 Å². The van der Waals surface area contributed by atoms with Gasteiger partial charge in [0.25, 0.3) is 0 Å². The second kappa shape index (κ2) is 6.73. The lowest BCUT2D eigenvalue weighted by Gasteiger charge is -2.15. The van der Waals surface area contributed by atoms with Crippen molar-refractivity contribution >= 4 is 15.9 Å². The molecule has 0 aliphatic rings. The highest BCUT2D eigenvalue weighted by Crippen LogP contribution is 2.19. The van der Waals surface area contributed by atoms with E-state index in [2.05, 4.69) is 58.5 Å². The first-order valence-corrected chi connectivity index (χ1v) is 7.10. The molecule has 0 radical (unpaired) electrons. The SMILES string of the molecule is COc1cccc([C@H](C)NCc2cccc(Br)c2)c1. The second-order valence-electron chi connectivity index (χ2n) is 4.51. The van der Waals surface area contributed by atoms with Crippen molar-refractivity contribution in [2.75, 3.05) is 7.11 Å². The van der Waals surface area contributed by atoms with Crippen molar-refractivity contribution in [2.24, 2.45) is 0 Å². The summed E-state index contributed by atoms with van der Waals surface area (Å²) in [5.41, 5.74) is 2.50. The molecule has 19 heavy (non-hydrogen) atoms. The third kappa shape index (κ3) is 4.08. The third-order valence-corrected chi connectivity index (χ3v) is 3.59. The van der Waals surface area contributed by atoms with Crippen LogP contribution >= 0.6 is 15.9 Å². The molecule has 1 N–H and O–H groups in total. The Morgan fingerprint density at radius 2 is 1.95 bits per heavy atom. The van der Waals surface area contributed by atoms with Gasteiger partial charge >= 0.3 is 0 Å². The molecule has 100 valence electrons. The van der Waals surface area contributed by atoms with E-state index in [1.54, 1.807) is 7.11 Å². The van der Waals surface area contributed by atoms with Gasteiger partial charge in [-0.15, -0.1) is 0 Å². The Morgan fingerprint density at radius 3 is 2.68 bits per heavy atom. The van der Waals surface area contributed by atoms with E-state index in [0.717, 1.165) is 16.8 Å². The van der Waals surface area contributed by atoms with E-state index >= 15 is 0 Å². The van der Waals surface area contributed by atoms with E-state index in [4.69, 9.17) is 4.74 Å². The van der Waals surface area contributed by atoms with Gasteiger partial charge in [-0.25, -0.2) is 0 Å². The number of benzene rings is 2. The van der Waals surface area contributed by atoms with E-state index in [-0.39, 0.29) is 6.04 Å². The molecule has 0 aliphatic heterocycles. The number of nitrogens with one attached hydrogen (secondary N) is 1. The largest absolute Gasteiger partial charge is 0.497 e. The topological polar surface area (TPSA) is 21.3 Å². The van der Waals surface area contributed by atoms with Gasteiger partial charge in [-0.3, -0.25) is 0 Å². The molecule has 0 spiro atoms. The Labute approximate surface area is 122 Å². The van der Waals surface area contributed by atoms with Crippen molar-refractivity contribution in [3.8, 4) is 5.75 Å². The van der Waals surface area contributed by atoms with Crippen LogP contribution in [0.5, 0.6) is 5.75 Å². The van der Waals surface area contributed by atoms with E-state index in [0.29, 0.717) is 0 Å². The number of hydrogen-bond acceptors (Lipinski definition) is 2. The normalized spacial score (nSPS) is 12.2. The van der Waals surface area contributed by atoms with Crippen LogP contribution in [0.3, 0.4) is 0 Å². The first-order chi connectivity index (χ1) is 9.19. The van der Waals surface area contributed by atoms with Gasteiger partial charge in [0.15, 0.2) is 0 Å².